The fourth-order valence-electron chi connectivity index (χ4n) is 1.72. The van der Waals surface area contributed by atoms with Crippen molar-refractivity contribution in [3.05, 3.63) is 46.2 Å². The van der Waals surface area contributed by atoms with Crippen molar-refractivity contribution in [1.82, 2.24) is 0 Å². The van der Waals surface area contributed by atoms with Crippen molar-refractivity contribution in [2.45, 2.75) is 18.2 Å². The zero-order valence-corrected chi connectivity index (χ0v) is 13.1. The summed E-state index contributed by atoms with van der Waals surface area (Å²) in [6, 6.07) is 9.33. The second-order valence-electron chi connectivity index (χ2n) is 4.34. The van der Waals surface area contributed by atoms with Gasteiger partial charge in [-0.25, -0.2) is 4.79 Å². The Hall–Kier alpha value is -1.79. The van der Waals surface area contributed by atoms with E-state index in [4.69, 9.17) is 5.11 Å². The van der Waals surface area contributed by atoms with Crippen LogP contribution >= 0.6 is 23.1 Å². The van der Waals surface area contributed by atoms with E-state index < -0.39 is 5.97 Å². The number of nitrogens with one attached hydrogen (secondary N) is 1. The van der Waals surface area contributed by atoms with E-state index in [1.165, 1.54) is 28.7 Å². The molecular formula is C15H15NO3S2. The molecule has 2 aromatic rings. The molecule has 1 aromatic heterocycles. The van der Waals surface area contributed by atoms with Gasteiger partial charge in [0.15, 0.2) is 0 Å². The van der Waals surface area contributed by atoms with Gasteiger partial charge in [-0.15, -0.1) is 23.1 Å². The molecule has 0 atom stereocenters. The summed E-state index contributed by atoms with van der Waals surface area (Å²) in [5, 5.41) is 13.4. The van der Waals surface area contributed by atoms with E-state index in [-0.39, 0.29) is 16.5 Å². The highest BCUT2D eigenvalue weighted by atomic mass is 32.2. The van der Waals surface area contributed by atoms with Crippen molar-refractivity contribution < 1.29 is 14.7 Å². The average molecular weight is 321 g/mol. The van der Waals surface area contributed by atoms with E-state index in [1.807, 2.05) is 24.3 Å². The fourth-order valence-corrected chi connectivity index (χ4v) is 3.39. The molecule has 0 fully saturated rings. The van der Waals surface area contributed by atoms with Gasteiger partial charge in [-0.3, -0.25) is 4.79 Å². The minimum atomic E-state index is -0.937. The summed E-state index contributed by atoms with van der Waals surface area (Å²) in [7, 11) is 0. The Morgan fingerprint density at radius 3 is 2.81 bits per heavy atom. The van der Waals surface area contributed by atoms with Crippen LogP contribution in [-0.4, -0.2) is 22.7 Å². The molecule has 0 spiro atoms. The highest BCUT2D eigenvalue weighted by Crippen LogP contribution is 2.25. The Morgan fingerprint density at radius 2 is 2.14 bits per heavy atom. The summed E-state index contributed by atoms with van der Waals surface area (Å²) in [6.45, 7) is 2.06. The summed E-state index contributed by atoms with van der Waals surface area (Å²) < 4.78 is 0. The number of carbonyl (C=O) groups is 2. The van der Waals surface area contributed by atoms with Gasteiger partial charge in [0.05, 0.1) is 5.75 Å². The quantitative estimate of drug-likeness (QED) is 0.795. The molecule has 21 heavy (non-hydrogen) atoms. The van der Waals surface area contributed by atoms with Crippen molar-refractivity contribution >= 4 is 40.7 Å². The molecule has 1 aromatic carbocycles. The lowest BCUT2D eigenvalue weighted by molar-refractivity contribution is -0.113. The first-order valence-corrected chi connectivity index (χ1v) is 8.28. The number of amides is 1. The molecule has 2 N–H and O–H groups in total. The van der Waals surface area contributed by atoms with Gasteiger partial charge < -0.3 is 10.4 Å². The number of hydrogen-bond acceptors (Lipinski definition) is 4. The van der Waals surface area contributed by atoms with Crippen LogP contribution < -0.4 is 5.32 Å². The number of hydrogen-bond donors (Lipinski definition) is 2. The van der Waals surface area contributed by atoms with Crippen molar-refractivity contribution in [1.29, 1.82) is 0 Å². The van der Waals surface area contributed by atoms with E-state index in [2.05, 4.69) is 12.2 Å². The zero-order valence-electron chi connectivity index (χ0n) is 11.5. The van der Waals surface area contributed by atoms with E-state index in [0.717, 1.165) is 17.0 Å². The third kappa shape index (κ3) is 4.61. The Labute approximate surface area is 131 Å². The topological polar surface area (TPSA) is 66.4 Å². The van der Waals surface area contributed by atoms with Crippen LogP contribution in [0.5, 0.6) is 0 Å². The van der Waals surface area contributed by atoms with Crippen molar-refractivity contribution in [3.63, 3.8) is 0 Å². The van der Waals surface area contributed by atoms with Crippen molar-refractivity contribution in [2.24, 2.45) is 0 Å². The molecule has 6 heteroatoms. The maximum Gasteiger partial charge on any atom is 0.345 e. The molecule has 1 heterocycles. The van der Waals surface area contributed by atoms with Gasteiger partial charge in [-0.1, -0.05) is 19.1 Å². The fraction of sp³-hybridized carbons (Fsp3) is 0.200. The molecule has 0 saturated heterocycles. The first-order chi connectivity index (χ1) is 10.1. The highest BCUT2D eigenvalue weighted by molar-refractivity contribution is 8.00. The number of thioether (sulfide) groups is 1. The standard InChI is InChI=1S/C15H15NO3S2/c1-2-10-4-3-5-11(6-10)16-14(17)9-20-12-7-13(15(18)19)21-8-12/h3-8H,2,9H2,1H3,(H,16,17)(H,18,19). The number of rotatable bonds is 6. The molecule has 0 bridgehead atoms. The molecule has 0 aliphatic carbocycles. The normalized spacial score (nSPS) is 10.3. The zero-order chi connectivity index (χ0) is 15.2. The van der Waals surface area contributed by atoms with Gasteiger partial charge >= 0.3 is 5.97 Å². The lowest BCUT2D eigenvalue weighted by Crippen LogP contribution is -2.13. The summed E-state index contributed by atoms with van der Waals surface area (Å²) >= 11 is 2.50. The molecular weight excluding hydrogens is 306 g/mol. The lowest BCUT2D eigenvalue weighted by Gasteiger charge is -2.06. The van der Waals surface area contributed by atoms with Gasteiger partial charge in [0.2, 0.25) is 5.91 Å². The summed E-state index contributed by atoms with van der Waals surface area (Å²) in [5.41, 5.74) is 1.96. The molecule has 1 amide bonds. The predicted molar refractivity (Wildman–Crippen MR) is 86.5 cm³/mol. The number of thiophene rings is 1. The lowest BCUT2D eigenvalue weighted by atomic mass is 10.1. The second-order valence-corrected chi connectivity index (χ2v) is 6.30. The van der Waals surface area contributed by atoms with Crippen molar-refractivity contribution in [2.75, 3.05) is 11.1 Å². The van der Waals surface area contributed by atoms with Crippen molar-refractivity contribution in [3.8, 4) is 0 Å². The minimum absolute atomic E-state index is 0.101. The average Bonchev–Trinajstić information content (AvgIpc) is 2.94. The molecule has 0 aliphatic heterocycles. The number of anilines is 1. The van der Waals surface area contributed by atoms with Gasteiger partial charge in [0, 0.05) is 16.0 Å². The van der Waals surface area contributed by atoms with Crippen LogP contribution in [0.3, 0.4) is 0 Å². The monoisotopic (exact) mass is 321 g/mol. The molecule has 0 unspecified atom stereocenters. The largest absolute Gasteiger partial charge is 0.477 e. The van der Waals surface area contributed by atoms with E-state index >= 15 is 0 Å². The van der Waals surface area contributed by atoms with Crippen LogP contribution in [0.1, 0.15) is 22.2 Å². The van der Waals surface area contributed by atoms with Gasteiger partial charge in [-0.2, -0.15) is 0 Å². The summed E-state index contributed by atoms with van der Waals surface area (Å²) in [4.78, 5) is 23.7. The molecule has 110 valence electrons. The number of aryl methyl sites for hydroxylation is 1. The van der Waals surface area contributed by atoms with Crippen LogP contribution in [0.15, 0.2) is 40.6 Å². The van der Waals surface area contributed by atoms with Gasteiger partial charge in [0.1, 0.15) is 4.88 Å². The van der Waals surface area contributed by atoms with Crippen LogP contribution in [0.25, 0.3) is 0 Å². The Bertz CT molecular complexity index is 652. The SMILES string of the molecule is CCc1cccc(NC(=O)CSc2csc(C(=O)O)c2)c1. The second kappa shape index (κ2) is 7.28. The van der Waals surface area contributed by atoms with E-state index in [9.17, 15) is 9.59 Å². The smallest absolute Gasteiger partial charge is 0.345 e. The Balaban J connectivity index is 1.87. The number of carbonyl (C=O) groups excluding carboxylic acids is 1. The summed E-state index contributed by atoms with van der Waals surface area (Å²) in [5.74, 6) is -0.782. The van der Waals surface area contributed by atoms with Crippen LogP contribution in [0, 0.1) is 0 Å². The van der Waals surface area contributed by atoms with Crippen LogP contribution in [-0.2, 0) is 11.2 Å². The van der Waals surface area contributed by atoms with E-state index in [0.29, 0.717) is 0 Å². The first kappa shape index (κ1) is 15.6. The maximum atomic E-state index is 11.9. The van der Waals surface area contributed by atoms with E-state index in [1.54, 1.807) is 11.4 Å². The Morgan fingerprint density at radius 1 is 1.33 bits per heavy atom. The predicted octanol–water partition coefficient (Wildman–Crippen LogP) is 3.74. The number of benzene rings is 1. The Kier molecular flexibility index (Phi) is 5.41. The summed E-state index contributed by atoms with van der Waals surface area (Å²) in [6.07, 6.45) is 0.922. The molecule has 0 aliphatic rings. The number of carboxylic acids is 1. The minimum Gasteiger partial charge on any atom is -0.477 e. The molecule has 0 radical (unpaired) electrons. The number of aromatic carboxylic acids is 1. The molecule has 4 nitrogen and oxygen atoms in total. The third-order valence-corrected chi connectivity index (χ3v) is 4.82. The van der Waals surface area contributed by atoms with Crippen LogP contribution in [0.2, 0.25) is 0 Å². The molecule has 2 rings (SSSR count). The maximum absolute atomic E-state index is 11.9. The van der Waals surface area contributed by atoms with Crippen LogP contribution in [0.4, 0.5) is 5.69 Å². The first-order valence-electron chi connectivity index (χ1n) is 6.42. The third-order valence-electron chi connectivity index (χ3n) is 2.78. The molecule has 0 saturated carbocycles. The van der Waals surface area contributed by atoms with Gasteiger partial charge in [0.25, 0.3) is 0 Å². The number of carboxylic acid groups (broad SMARTS) is 1. The highest BCUT2D eigenvalue weighted by Gasteiger charge is 2.09. The van der Waals surface area contributed by atoms with Gasteiger partial charge in [-0.05, 0) is 30.2 Å².